The van der Waals surface area contributed by atoms with Crippen LogP contribution in [0.4, 0.5) is 5.69 Å². The number of nitrogens with one attached hydrogen (secondary N) is 1. The van der Waals surface area contributed by atoms with Crippen LogP contribution in [0.1, 0.15) is 26.6 Å². The molecule has 1 amide bonds. The Kier molecular flexibility index (Phi) is 4.66. The number of methoxy groups -OCH3 is 1. The van der Waals surface area contributed by atoms with Crippen LogP contribution in [0.5, 0.6) is 5.88 Å². The maximum absolute atomic E-state index is 12.7. The summed E-state index contributed by atoms with van der Waals surface area (Å²) in [6.45, 7) is 4.76. The highest BCUT2D eigenvalue weighted by Crippen LogP contribution is 2.23. The second-order valence-corrected chi connectivity index (χ2v) is 6.50. The van der Waals surface area contributed by atoms with Crippen molar-refractivity contribution in [3.8, 4) is 5.88 Å². The fraction of sp³-hybridized carbons (Fsp3) is 0.222. The summed E-state index contributed by atoms with van der Waals surface area (Å²) in [4.78, 5) is 18.0. The standard InChI is InChI=1S/C18H19N3O2S/c1-12-10-15(13(2)21(12)11-14-6-5-9-24-14)17(22)20-16-7-4-8-19-18(16)23-3/h4-10H,11H2,1-3H3,(H,20,22). The van der Waals surface area contributed by atoms with Crippen LogP contribution in [-0.2, 0) is 6.54 Å². The molecule has 6 heteroatoms. The summed E-state index contributed by atoms with van der Waals surface area (Å²) in [7, 11) is 1.53. The molecule has 3 rings (SSSR count). The van der Waals surface area contributed by atoms with Gasteiger partial charge in [0.05, 0.1) is 19.2 Å². The van der Waals surface area contributed by atoms with E-state index < -0.39 is 0 Å². The minimum atomic E-state index is -0.160. The Balaban J connectivity index is 1.85. The number of carbonyl (C=O) groups excluding carboxylic acids is 1. The molecule has 0 bridgehead atoms. The molecule has 0 aliphatic heterocycles. The zero-order valence-electron chi connectivity index (χ0n) is 13.9. The number of ether oxygens (including phenoxy) is 1. The molecule has 0 aromatic carbocycles. The molecule has 0 aliphatic carbocycles. The molecule has 3 aromatic heterocycles. The number of hydrogen-bond acceptors (Lipinski definition) is 4. The van der Waals surface area contributed by atoms with E-state index in [2.05, 4.69) is 26.3 Å². The van der Waals surface area contributed by atoms with E-state index in [0.29, 0.717) is 17.1 Å². The van der Waals surface area contributed by atoms with Gasteiger partial charge in [-0.25, -0.2) is 4.98 Å². The molecule has 0 saturated carbocycles. The van der Waals surface area contributed by atoms with Gasteiger partial charge in [-0.05, 0) is 43.5 Å². The van der Waals surface area contributed by atoms with Crippen LogP contribution >= 0.6 is 11.3 Å². The summed E-state index contributed by atoms with van der Waals surface area (Å²) in [5.41, 5.74) is 3.23. The molecule has 5 nitrogen and oxygen atoms in total. The van der Waals surface area contributed by atoms with Crippen LogP contribution in [0.25, 0.3) is 0 Å². The summed E-state index contributed by atoms with van der Waals surface area (Å²) in [5.74, 6) is 0.241. The molecule has 24 heavy (non-hydrogen) atoms. The van der Waals surface area contributed by atoms with E-state index in [1.54, 1.807) is 29.7 Å². The van der Waals surface area contributed by atoms with Gasteiger partial charge in [-0.1, -0.05) is 6.07 Å². The molecule has 1 N–H and O–H groups in total. The smallest absolute Gasteiger partial charge is 0.257 e. The van der Waals surface area contributed by atoms with Crippen molar-refractivity contribution in [1.82, 2.24) is 9.55 Å². The summed E-state index contributed by atoms with van der Waals surface area (Å²) < 4.78 is 7.34. The third-order valence-electron chi connectivity index (χ3n) is 3.93. The number of carbonyl (C=O) groups is 1. The lowest BCUT2D eigenvalue weighted by atomic mass is 10.2. The summed E-state index contributed by atoms with van der Waals surface area (Å²) in [5, 5.41) is 4.94. The maximum Gasteiger partial charge on any atom is 0.257 e. The second kappa shape index (κ2) is 6.88. The number of nitrogens with zero attached hydrogens (tertiary/aromatic N) is 2. The van der Waals surface area contributed by atoms with E-state index in [-0.39, 0.29) is 5.91 Å². The van der Waals surface area contributed by atoms with E-state index in [0.717, 1.165) is 17.9 Å². The van der Waals surface area contributed by atoms with Crippen molar-refractivity contribution in [2.45, 2.75) is 20.4 Å². The minimum Gasteiger partial charge on any atom is -0.480 e. The molecule has 3 aromatic rings. The van der Waals surface area contributed by atoms with Gasteiger partial charge in [0.25, 0.3) is 5.91 Å². The van der Waals surface area contributed by atoms with Crippen LogP contribution in [0.2, 0.25) is 0 Å². The first-order chi connectivity index (χ1) is 11.6. The Bertz CT molecular complexity index is 853. The first-order valence-electron chi connectivity index (χ1n) is 7.59. The number of amides is 1. The van der Waals surface area contributed by atoms with Crippen LogP contribution in [-0.4, -0.2) is 22.6 Å². The third-order valence-corrected chi connectivity index (χ3v) is 4.79. The van der Waals surface area contributed by atoms with E-state index >= 15 is 0 Å². The molecule has 0 aliphatic rings. The maximum atomic E-state index is 12.7. The van der Waals surface area contributed by atoms with Gasteiger partial charge >= 0.3 is 0 Å². The van der Waals surface area contributed by atoms with Crippen LogP contribution < -0.4 is 10.1 Å². The molecule has 0 spiro atoms. The zero-order valence-corrected chi connectivity index (χ0v) is 14.7. The first-order valence-corrected chi connectivity index (χ1v) is 8.47. The molecule has 0 unspecified atom stereocenters. The predicted octanol–water partition coefficient (Wildman–Crippen LogP) is 3.87. The predicted molar refractivity (Wildman–Crippen MR) is 96.1 cm³/mol. The highest BCUT2D eigenvalue weighted by atomic mass is 32.1. The lowest BCUT2D eigenvalue weighted by Gasteiger charge is -2.10. The Morgan fingerprint density at radius 2 is 2.17 bits per heavy atom. The van der Waals surface area contributed by atoms with Gasteiger partial charge < -0.3 is 14.6 Å². The largest absolute Gasteiger partial charge is 0.480 e. The Labute approximate surface area is 144 Å². The van der Waals surface area contributed by atoms with Gasteiger partial charge in [-0.15, -0.1) is 11.3 Å². The molecule has 0 saturated heterocycles. The molecule has 3 heterocycles. The quantitative estimate of drug-likeness (QED) is 0.766. The van der Waals surface area contributed by atoms with Gasteiger partial charge in [-0.3, -0.25) is 4.79 Å². The van der Waals surface area contributed by atoms with E-state index in [1.165, 1.54) is 12.0 Å². The van der Waals surface area contributed by atoms with Crippen molar-refractivity contribution in [2.75, 3.05) is 12.4 Å². The topological polar surface area (TPSA) is 56.1 Å². The van der Waals surface area contributed by atoms with Gasteiger partial charge in [0.2, 0.25) is 5.88 Å². The SMILES string of the molecule is COc1ncccc1NC(=O)c1cc(C)n(Cc2cccs2)c1C. The molecule has 0 atom stereocenters. The average Bonchev–Trinajstić information content (AvgIpc) is 3.19. The fourth-order valence-electron chi connectivity index (χ4n) is 2.67. The van der Waals surface area contributed by atoms with E-state index in [4.69, 9.17) is 4.74 Å². The van der Waals surface area contributed by atoms with Gasteiger partial charge in [0, 0.05) is 22.5 Å². The zero-order chi connectivity index (χ0) is 17.1. The van der Waals surface area contributed by atoms with E-state index in [1.807, 2.05) is 26.0 Å². The normalized spacial score (nSPS) is 10.6. The van der Waals surface area contributed by atoms with E-state index in [9.17, 15) is 4.79 Å². The Morgan fingerprint density at radius 3 is 2.88 bits per heavy atom. The van der Waals surface area contributed by atoms with Crippen molar-refractivity contribution >= 4 is 22.9 Å². The number of anilines is 1. The highest BCUT2D eigenvalue weighted by Gasteiger charge is 2.17. The number of hydrogen-bond donors (Lipinski definition) is 1. The Morgan fingerprint density at radius 1 is 1.33 bits per heavy atom. The molecule has 0 radical (unpaired) electrons. The Hall–Kier alpha value is -2.60. The van der Waals surface area contributed by atoms with Crippen molar-refractivity contribution in [2.24, 2.45) is 0 Å². The molecular weight excluding hydrogens is 322 g/mol. The lowest BCUT2D eigenvalue weighted by molar-refractivity contribution is 0.102. The second-order valence-electron chi connectivity index (χ2n) is 5.46. The number of aromatic nitrogens is 2. The number of aryl methyl sites for hydroxylation is 1. The number of rotatable bonds is 5. The van der Waals surface area contributed by atoms with Crippen molar-refractivity contribution in [3.63, 3.8) is 0 Å². The summed E-state index contributed by atoms with van der Waals surface area (Å²) in [6, 6.07) is 9.59. The van der Waals surface area contributed by atoms with Gasteiger partial charge in [-0.2, -0.15) is 0 Å². The minimum absolute atomic E-state index is 0.160. The molecule has 124 valence electrons. The number of thiophene rings is 1. The van der Waals surface area contributed by atoms with Gasteiger partial charge in [0.1, 0.15) is 5.69 Å². The molecular formula is C18H19N3O2S. The van der Waals surface area contributed by atoms with Gasteiger partial charge in [0.15, 0.2) is 0 Å². The van der Waals surface area contributed by atoms with Crippen LogP contribution in [0.3, 0.4) is 0 Å². The summed E-state index contributed by atoms with van der Waals surface area (Å²) >= 11 is 1.71. The highest BCUT2D eigenvalue weighted by molar-refractivity contribution is 7.09. The van der Waals surface area contributed by atoms with Crippen molar-refractivity contribution < 1.29 is 9.53 Å². The lowest BCUT2D eigenvalue weighted by Crippen LogP contribution is -2.14. The van der Waals surface area contributed by atoms with Crippen LogP contribution in [0.15, 0.2) is 41.9 Å². The van der Waals surface area contributed by atoms with Crippen LogP contribution in [0, 0.1) is 13.8 Å². The average molecular weight is 341 g/mol. The van der Waals surface area contributed by atoms with Crippen molar-refractivity contribution in [1.29, 1.82) is 0 Å². The third kappa shape index (κ3) is 3.19. The van der Waals surface area contributed by atoms with Crippen molar-refractivity contribution in [3.05, 3.63) is 63.7 Å². The fourth-order valence-corrected chi connectivity index (χ4v) is 3.36. The first kappa shape index (κ1) is 16.3. The summed E-state index contributed by atoms with van der Waals surface area (Å²) in [6.07, 6.45) is 1.63. The number of pyridine rings is 1. The monoisotopic (exact) mass is 341 g/mol. The molecule has 0 fully saturated rings.